The highest BCUT2D eigenvalue weighted by atomic mass is 16.4. The van der Waals surface area contributed by atoms with Crippen molar-refractivity contribution >= 4 is 5.71 Å². The number of nitrogens with zero attached hydrogens (tertiary/aromatic N) is 1. The van der Waals surface area contributed by atoms with Crippen molar-refractivity contribution < 1.29 is 5.21 Å². The maximum absolute atomic E-state index is 9.81. The third-order valence-corrected chi connectivity index (χ3v) is 5.13. The molecule has 0 saturated carbocycles. The van der Waals surface area contributed by atoms with Crippen molar-refractivity contribution in [3.8, 4) is 0 Å². The molecule has 1 aliphatic rings. The van der Waals surface area contributed by atoms with Crippen LogP contribution in [0.25, 0.3) is 0 Å². The van der Waals surface area contributed by atoms with E-state index in [0.29, 0.717) is 6.42 Å². The molecule has 130 valence electrons. The van der Waals surface area contributed by atoms with Crippen LogP contribution in [0.5, 0.6) is 0 Å². The fourth-order valence-electron chi connectivity index (χ4n) is 3.90. The van der Waals surface area contributed by atoms with Gasteiger partial charge in [0.1, 0.15) is 0 Å². The smallest absolute Gasteiger partial charge is 0.0683 e. The first kappa shape index (κ1) is 16.6. The number of oxime groups is 1. The van der Waals surface area contributed by atoms with Crippen LogP contribution in [0.2, 0.25) is 0 Å². The van der Waals surface area contributed by atoms with E-state index in [-0.39, 0.29) is 18.0 Å². The van der Waals surface area contributed by atoms with E-state index in [2.05, 4.69) is 59.0 Å². The van der Waals surface area contributed by atoms with Crippen molar-refractivity contribution in [2.24, 2.45) is 5.16 Å². The first-order valence-electron chi connectivity index (χ1n) is 8.98. The van der Waals surface area contributed by atoms with Gasteiger partial charge in [0.2, 0.25) is 0 Å². The van der Waals surface area contributed by atoms with Crippen LogP contribution in [0, 0.1) is 0 Å². The van der Waals surface area contributed by atoms with Crippen molar-refractivity contribution in [3.63, 3.8) is 0 Å². The quantitative estimate of drug-likeness (QED) is 0.515. The molecule has 3 aromatic rings. The minimum absolute atomic E-state index is 0.00330. The molecular formula is C23H22N2O. The van der Waals surface area contributed by atoms with Gasteiger partial charge in [0.15, 0.2) is 0 Å². The summed E-state index contributed by atoms with van der Waals surface area (Å²) < 4.78 is 0. The Bertz CT molecular complexity index is 862. The lowest BCUT2D eigenvalue weighted by atomic mass is 9.77. The van der Waals surface area contributed by atoms with Gasteiger partial charge in [0.05, 0.1) is 5.71 Å². The number of nitrogens with one attached hydrogen (secondary N) is 1. The average molecular weight is 342 g/mol. The Morgan fingerprint density at radius 3 is 1.73 bits per heavy atom. The number of hydrogen-bond acceptors (Lipinski definition) is 3. The minimum atomic E-state index is 0.00330. The fraction of sp³-hybridized carbons (Fsp3) is 0.174. The van der Waals surface area contributed by atoms with Crippen molar-refractivity contribution in [1.29, 1.82) is 0 Å². The SMILES string of the molecule is ON=C1C[C@H](c2ccccc2)N[C@@H](c2ccccc2)[C@@H]1c1ccccc1. The monoisotopic (exact) mass is 342 g/mol. The molecule has 3 atom stereocenters. The van der Waals surface area contributed by atoms with Crippen LogP contribution in [0.1, 0.15) is 41.1 Å². The summed E-state index contributed by atoms with van der Waals surface area (Å²) in [5.41, 5.74) is 4.38. The largest absolute Gasteiger partial charge is 0.411 e. The van der Waals surface area contributed by atoms with Gasteiger partial charge in [0.25, 0.3) is 0 Å². The Kier molecular flexibility index (Phi) is 4.80. The Morgan fingerprint density at radius 2 is 1.19 bits per heavy atom. The normalized spacial score (nSPS) is 24.5. The van der Waals surface area contributed by atoms with Crippen LogP contribution in [-0.4, -0.2) is 10.9 Å². The summed E-state index contributed by atoms with van der Waals surface area (Å²) in [5.74, 6) is 0.00330. The Hall–Kier alpha value is -2.91. The highest BCUT2D eigenvalue weighted by molar-refractivity contribution is 5.93. The molecule has 0 unspecified atom stereocenters. The van der Waals surface area contributed by atoms with Gasteiger partial charge in [0, 0.05) is 24.4 Å². The predicted molar refractivity (Wildman–Crippen MR) is 105 cm³/mol. The first-order valence-corrected chi connectivity index (χ1v) is 8.98. The van der Waals surface area contributed by atoms with Crippen LogP contribution in [0.3, 0.4) is 0 Å². The number of rotatable bonds is 3. The Balaban J connectivity index is 1.78. The topological polar surface area (TPSA) is 44.6 Å². The van der Waals surface area contributed by atoms with Crippen molar-refractivity contribution in [2.75, 3.05) is 0 Å². The number of benzene rings is 3. The van der Waals surface area contributed by atoms with Gasteiger partial charge < -0.3 is 10.5 Å². The lowest BCUT2D eigenvalue weighted by Crippen LogP contribution is -2.41. The van der Waals surface area contributed by atoms with Crippen LogP contribution in [0.15, 0.2) is 96.2 Å². The molecule has 1 saturated heterocycles. The van der Waals surface area contributed by atoms with E-state index >= 15 is 0 Å². The summed E-state index contributed by atoms with van der Waals surface area (Å²) in [6, 6.07) is 31.2. The standard InChI is InChI=1S/C23H22N2O/c26-25-21-16-20(17-10-4-1-5-11-17)24-23(19-14-8-3-9-15-19)22(21)18-12-6-2-7-13-18/h1-15,20,22-24,26H,16H2/t20-,22-,23+/m1/s1. The molecule has 3 aromatic carbocycles. The van der Waals surface area contributed by atoms with E-state index in [9.17, 15) is 5.21 Å². The van der Waals surface area contributed by atoms with Gasteiger partial charge in [-0.2, -0.15) is 0 Å². The highest BCUT2D eigenvalue weighted by Gasteiger charge is 2.37. The molecule has 26 heavy (non-hydrogen) atoms. The molecule has 3 heteroatoms. The fourth-order valence-corrected chi connectivity index (χ4v) is 3.90. The third-order valence-electron chi connectivity index (χ3n) is 5.13. The van der Waals surface area contributed by atoms with E-state index < -0.39 is 0 Å². The summed E-state index contributed by atoms with van der Waals surface area (Å²) in [6.45, 7) is 0. The molecule has 1 fully saturated rings. The molecule has 3 nitrogen and oxygen atoms in total. The summed E-state index contributed by atoms with van der Waals surface area (Å²) in [7, 11) is 0. The van der Waals surface area contributed by atoms with Crippen molar-refractivity contribution in [1.82, 2.24) is 5.32 Å². The molecule has 4 rings (SSSR count). The molecule has 1 heterocycles. The third kappa shape index (κ3) is 3.26. The van der Waals surface area contributed by atoms with Crippen molar-refractivity contribution in [2.45, 2.75) is 24.4 Å². The maximum Gasteiger partial charge on any atom is 0.0683 e. The molecule has 0 aliphatic carbocycles. The zero-order valence-electron chi connectivity index (χ0n) is 14.5. The Labute approximate surface area is 154 Å². The maximum atomic E-state index is 9.81. The van der Waals surface area contributed by atoms with E-state index in [0.717, 1.165) is 11.3 Å². The zero-order chi connectivity index (χ0) is 17.8. The van der Waals surface area contributed by atoms with Gasteiger partial charge in [-0.3, -0.25) is 0 Å². The molecule has 1 aliphatic heterocycles. The van der Waals surface area contributed by atoms with Gasteiger partial charge in [-0.1, -0.05) is 96.2 Å². The lowest BCUT2D eigenvalue weighted by molar-refractivity contribution is 0.302. The van der Waals surface area contributed by atoms with Crippen LogP contribution in [0.4, 0.5) is 0 Å². The van der Waals surface area contributed by atoms with E-state index in [1.807, 2.05) is 42.5 Å². The molecule has 0 bridgehead atoms. The van der Waals surface area contributed by atoms with E-state index in [1.165, 1.54) is 11.1 Å². The molecule has 0 radical (unpaired) electrons. The van der Waals surface area contributed by atoms with Crippen LogP contribution >= 0.6 is 0 Å². The van der Waals surface area contributed by atoms with Gasteiger partial charge in [-0.15, -0.1) is 0 Å². The molecular weight excluding hydrogens is 320 g/mol. The molecule has 2 N–H and O–H groups in total. The first-order chi connectivity index (χ1) is 12.9. The highest BCUT2D eigenvalue weighted by Crippen LogP contribution is 2.41. The number of piperidine rings is 1. The summed E-state index contributed by atoms with van der Waals surface area (Å²) in [4.78, 5) is 0. The molecule has 0 aromatic heterocycles. The number of hydrogen-bond donors (Lipinski definition) is 2. The average Bonchev–Trinajstić information content (AvgIpc) is 2.74. The van der Waals surface area contributed by atoms with Gasteiger partial charge >= 0.3 is 0 Å². The second-order valence-corrected chi connectivity index (χ2v) is 6.70. The van der Waals surface area contributed by atoms with Gasteiger partial charge in [-0.25, -0.2) is 0 Å². The summed E-state index contributed by atoms with van der Waals surface area (Å²) in [6.07, 6.45) is 0.684. The molecule has 0 amide bonds. The Morgan fingerprint density at radius 1 is 0.692 bits per heavy atom. The summed E-state index contributed by atoms with van der Waals surface area (Å²) >= 11 is 0. The zero-order valence-corrected chi connectivity index (χ0v) is 14.5. The van der Waals surface area contributed by atoms with E-state index in [1.54, 1.807) is 0 Å². The van der Waals surface area contributed by atoms with Crippen LogP contribution < -0.4 is 5.32 Å². The predicted octanol–water partition coefficient (Wildman–Crippen LogP) is 5.08. The van der Waals surface area contributed by atoms with Gasteiger partial charge in [-0.05, 0) is 16.7 Å². The second-order valence-electron chi connectivity index (χ2n) is 6.70. The second kappa shape index (κ2) is 7.54. The van der Waals surface area contributed by atoms with E-state index in [4.69, 9.17) is 0 Å². The van der Waals surface area contributed by atoms with Crippen LogP contribution in [-0.2, 0) is 0 Å². The molecule has 0 spiro atoms. The summed E-state index contributed by atoms with van der Waals surface area (Å²) in [5, 5.41) is 17.4. The lowest BCUT2D eigenvalue weighted by Gasteiger charge is -2.39. The van der Waals surface area contributed by atoms with Crippen molar-refractivity contribution in [3.05, 3.63) is 108 Å². The minimum Gasteiger partial charge on any atom is -0.411 e.